The van der Waals surface area contributed by atoms with E-state index < -0.39 is 10.0 Å². The highest BCUT2D eigenvalue weighted by Crippen LogP contribution is 2.37. The molecule has 0 saturated heterocycles. The average Bonchev–Trinajstić information content (AvgIpc) is 2.50. The lowest BCUT2D eigenvalue weighted by Gasteiger charge is -2.40. The van der Waals surface area contributed by atoms with Crippen LogP contribution in [0.5, 0.6) is 0 Å². The second-order valence-corrected chi connectivity index (χ2v) is 7.78. The van der Waals surface area contributed by atoms with Crippen LogP contribution in [0.25, 0.3) is 6.08 Å². The first kappa shape index (κ1) is 16.5. The summed E-state index contributed by atoms with van der Waals surface area (Å²) in [5.74, 6) is 0. The van der Waals surface area contributed by atoms with E-state index in [0.717, 1.165) is 16.2 Å². The van der Waals surface area contributed by atoms with Crippen molar-refractivity contribution in [2.45, 2.75) is 31.7 Å². The maximum atomic E-state index is 12.6. The van der Waals surface area contributed by atoms with Gasteiger partial charge >= 0.3 is 0 Å². The molecule has 1 heterocycles. The third-order valence-electron chi connectivity index (χ3n) is 4.00. The number of hydroxylamine groups is 1. The first-order chi connectivity index (χ1) is 11.3. The van der Waals surface area contributed by atoms with E-state index in [9.17, 15) is 13.6 Å². The molecule has 126 valence electrons. The van der Waals surface area contributed by atoms with Gasteiger partial charge in [-0.25, -0.2) is 8.42 Å². The summed E-state index contributed by atoms with van der Waals surface area (Å²) in [5.41, 5.74) is 3.22. The van der Waals surface area contributed by atoms with Crippen molar-refractivity contribution < 1.29 is 8.42 Å². The number of hydrogen-bond donors (Lipinski definition) is 1. The number of rotatable bonds is 3. The minimum Gasteiger partial charge on any atom is -0.758 e. The summed E-state index contributed by atoms with van der Waals surface area (Å²) >= 11 is 0. The molecule has 0 spiro atoms. The molecule has 0 amide bonds. The molecule has 0 fully saturated rings. The van der Waals surface area contributed by atoms with Gasteiger partial charge in [-0.1, -0.05) is 29.8 Å². The highest BCUT2D eigenvalue weighted by atomic mass is 32.2. The molecule has 1 aliphatic rings. The van der Waals surface area contributed by atoms with Gasteiger partial charge in [0.2, 0.25) is 0 Å². The quantitative estimate of drug-likeness (QED) is 0.919. The third-order valence-corrected chi connectivity index (χ3v) is 5.39. The van der Waals surface area contributed by atoms with Crippen LogP contribution in [0.3, 0.4) is 0 Å². The molecular weight excluding hydrogens is 324 g/mol. The summed E-state index contributed by atoms with van der Waals surface area (Å²) in [6.45, 7) is 5.53. The van der Waals surface area contributed by atoms with Gasteiger partial charge in [-0.3, -0.25) is 4.72 Å². The third kappa shape index (κ3) is 3.02. The van der Waals surface area contributed by atoms with Crippen molar-refractivity contribution in [2.24, 2.45) is 0 Å². The minimum absolute atomic E-state index is 0.167. The zero-order valence-corrected chi connectivity index (χ0v) is 14.6. The number of aryl methyl sites for hydroxylation is 2. The molecule has 2 aromatic carbocycles. The molecule has 3 rings (SSSR count). The van der Waals surface area contributed by atoms with Gasteiger partial charge in [0.1, 0.15) is 0 Å². The van der Waals surface area contributed by atoms with Crippen LogP contribution in [-0.4, -0.2) is 14.5 Å². The summed E-state index contributed by atoms with van der Waals surface area (Å²) < 4.78 is 27.9. The van der Waals surface area contributed by atoms with Crippen LogP contribution in [0.1, 0.15) is 23.6 Å². The Morgan fingerprint density at radius 3 is 2.42 bits per heavy atom. The summed E-state index contributed by atoms with van der Waals surface area (Å²) in [6, 6.07) is 9.79. The Bertz CT molecular complexity index is 903. The number of nitrogens with one attached hydrogen (secondary N) is 1. The van der Waals surface area contributed by atoms with E-state index in [4.69, 9.17) is 0 Å². The molecule has 6 heteroatoms. The lowest BCUT2D eigenvalue weighted by molar-refractivity contribution is 0.601. The van der Waals surface area contributed by atoms with Crippen molar-refractivity contribution in [3.05, 3.63) is 64.4 Å². The Balaban J connectivity index is 2.06. The van der Waals surface area contributed by atoms with E-state index in [1.54, 1.807) is 43.3 Å². The fraction of sp³-hybridized carbons (Fsp3) is 0.222. The molecule has 0 saturated carbocycles. The Morgan fingerprint density at radius 1 is 1.08 bits per heavy atom. The zero-order chi connectivity index (χ0) is 17.5. The average molecular weight is 343 g/mol. The van der Waals surface area contributed by atoms with Crippen LogP contribution < -0.4 is 9.79 Å². The maximum Gasteiger partial charge on any atom is 0.261 e. The molecule has 0 radical (unpaired) electrons. The number of anilines is 2. The van der Waals surface area contributed by atoms with Gasteiger partial charge in [0.25, 0.3) is 10.0 Å². The molecule has 1 aliphatic heterocycles. The van der Waals surface area contributed by atoms with Crippen LogP contribution in [0, 0.1) is 19.1 Å². The molecule has 1 N–H and O–H groups in total. The largest absolute Gasteiger partial charge is 0.758 e. The number of sulfonamides is 1. The first-order valence-electron chi connectivity index (χ1n) is 7.66. The zero-order valence-electron chi connectivity index (χ0n) is 13.8. The molecule has 0 aliphatic carbocycles. The molecule has 0 aromatic heterocycles. The van der Waals surface area contributed by atoms with Crippen LogP contribution >= 0.6 is 0 Å². The van der Waals surface area contributed by atoms with Gasteiger partial charge in [0, 0.05) is 6.04 Å². The van der Waals surface area contributed by atoms with E-state index >= 15 is 0 Å². The summed E-state index contributed by atoms with van der Waals surface area (Å²) in [5, 5.41) is 13.3. The van der Waals surface area contributed by atoms with Crippen LogP contribution in [0.2, 0.25) is 0 Å². The predicted molar refractivity (Wildman–Crippen MR) is 97.5 cm³/mol. The molecular formula is C18H19N2O3S-. The lowest BCUT2D eigenvalue weighted by Crippen LogP contribution is -2.29. The normalized spacial score (nSPS) is 16.8. The predicted octanol–water partition coefficient (Wildman–Crippen LogP) is 3.82. The van der Waals surface area contributed by atoms with E-state index in [1.165, 1.54) is 0 Å². The van der Waals surface area contributed by atoms with Crippen molar-refractivity contribution in [3.63, 3.8) is 0 Å². The van der Waals surface area contributed by atoms with Crippen molar-refractivity contribution in [2.75, 3.05) is 9.79 Å². The number of benzene rings is 2. The fourth-order valence-corrected chi connectivity index (χ4v) is 3.76. The van der Waals surface area contributed by atoms with E-state index in [1.807, 2.05) is 26.0 Å². The van der Waals surface area contributed by atoms with Crippen LogP contribution in [0.15, 0.2) is 47.4 Å². The Hall–Kier alpha value is -2.31. The maximum absolute atomic E-state index is 12.6. The molecule has 1 atom stereocenters. The Labute approximate surface area is 142 Å². The number of hydrogen-bond acceptors (Lipinski definition) is 4. The first-order valence-corrected chi connectivity index (χ1v) is 9.15. The van der Waals surface area contributed by atoms with Crippen LogP contribution in [-0.2, 0) is 10.0 Å². The molecule has 5 nitrogen and oxygen atoms in total. The van der Waals surface area contributed by atoms with Crippen LogP contribution in [0.4, 0.5) is 11.4 Å². The highest BCUT2D eigenvalue weighted by molar-refractivity contribution is 7.92. The van der Waals surface area contributed by atoms with Gasteiger partial charge in [0.05, 0.1) is 16.3 Å². The van der Waals surface area contributed by atoms with Gasteiger partial charge in [0.15, 0.2) is 0 Å². The van der Waals surface area contributed by atoms with Gasteiger partial charge in [-0.2, -0.15) is 0 Å². The Kier molecular flexibility index (Phi) is 4.11. The SMILES string of the molecule is Cc1ccc(S(=O)(=O)Nc2cc(C)cc3c2N([O-])C(C)C=C3)cc1. The smallest absolute Gasteiger partial charge is 0.261 e. The fourth-order valence-electron chi connectivity index (χ4n) is 2.70. The molecule has 0 bridgehead atoms. The number of nitrogens with zero attached hydrogens (tertiary/aromatic N) is 1. The van der Waals surface area contributed by atoms with E-state index in [2.05, 4.69) is 4.72 Å². The molecule has 24 heavy (non-hydrogen) atoms. The van der Waals surface area contributed by atoms with Crippen molar-refractivity contribution in [1.29, 1.82) is 0 Å². The van der Waals surface area contributed by atoms with E-state index in [-0.39, 0.29) is 10.9 Å². The van der Waals surface area contributed by atoms with E-state index in [0.29, 0.717) is 16.9 Å². The van der Waals surface area contributed by atoms with Gasteiger partial charge in [-0.15, -0.1) is 0 Å². The van der Waals surface area contributed by atoms with Crippen molar-refractivity contribution in [3.8, 4) is 0 Å². The topological polar surface area (TPSA) is 72.5 Å². The van der Waals surface area contributed by atoms with Crippen molar-refractivity contribution >= 4 is 27.5 Å². The molecule has 2 aromatic rings. The highest BCUT2D eigenvalue weighted by Gasteiger charge is 2.21. The molecule has 1 unspecified atom stereocenters. The van der Waals surface area contributed by atoms with Gasteiger partial charge < -0.3 is 10.3 Å². The standard InChI is InChI=1S/C18H19N2O3S/c1-12-4-8-16(9-5-12)24(22,23)19-17-11-13(2)10-15-7-6-14(3)20(21)18(15)17/h4-11,14,19H,1-3H3/q-1. The minimum atomic E-state index is -3.76. The second kappa shape index (κ2) is 5.96. The summed E-state index contributed by atoms with van der Waals surface area (Å²) in [7, 11) is -3.76. The Morgan fingerprint density at radius 2 is 1.75 bits per heavy atom. The number of fused-ring (bicyclic) bond motifs is 1. The summed E-state index contributed by atoms with van der Waals surface area (Å²) in [4.78, 5) is 0.167. The summed E-state index contributed by atoms with van der Waals surface area (Å²) in [6.07, 6.45) is 3.65. The second-order valence-electron chi connectivity index (χ2n) is 6.09. The van der Waals surface area contributed by atoms with Gasteiger partial charge in [-0.05, 0) is 56.2 Å². The monoisotopic (exact) mass is 343 g/mol. The lowest BCUT2D eigenvalue weighted by atomic mass is 10.0. The van der Waals surface area contributed by atoms with Crippen molar-refractivity contribution in [1.82, 2.24) is 0 Å².